The lowest BCUT2D eigenvalue weighted by Crippen LogP contribution is -2.43. The van der Waals surface area contributed by atoms with Crippen LogP contribution in [0.3, 0.4) is 0 Å². The fraction of sp³-hybridized carbons (Fsp3) is 0.353. The molecule has 26 heavy (non-hydrogen) atoms. The zero-order valence-electron chi connectivity index (χ0n) is 13.3. The molecule has 1 saturated heterocycles. The number of imide groups is 1. The summed E-state index contributed by atoms with van der Waals surface area (Å²) in [6.45, 7) is -0.347. The molecule has 9 heteroatoms. The highest BCUT2D eigenvalue weighted by Crippen LogP contribution is 2.52. The first-order valence-electron chi connectivity index (χ1n) is 8.09. The zero-order valence-corrected chi connectivity index (χ0v) is 15.6. The summed E-state index contributed by atoms with van der Waals surface area (Å²) in [6, 6.07) is 2.95. The first kappa shape index (κ1) is 17.6. The third-order valence-electron chi connectivity index (χ3n) is 5.20. The Morgan fingerprint density at radius 3 is 2.12 bits per heavy atom. The molecule has 1 aromatic carbocycles. The summed E-state index contributed by atoms with van der Waals surface area (Å²) in [6.07, 6.45) is 4.86. The SMILES string of the molecule is O=C(CN1C(=O)C2C3C=CC(C3)C2C1=O)NNc1c(Cl)cc(Cl)cc1Cl. The van der Waals surface area contributed by atoms with Crippen molar-refractivity contribution in [2.75, 3.05) is 12.0 Å². The summed E-state index contributed by atoms with van der Waals surface area (Å²) in [7, 11) is 0. The smallest absolute Gasteiger partial charge is 0.258 e. The average Bonchev–Trinajstić information content (AvgIpc) is 3.24. The number of halogens is 3. The molecule has 1 saturated carbocycles. The number of hydrazine groups is 1. The highest BCUT2D eigenvalue weighted by Gasteiger charge is 2.59. The molecule has 0 radical (unpaired) electrons. The van der Waals surface area contributed by atoms with Crippen molar-refractivity contribution >= 4 is 58.2 Å². The molecule has 3 amide bonds. The summed E-state index contributed by atoms with van der Waals surface area (Å²) in [4.78, 5) is 38.4. The van der Waals surface area contributed by atoms with Gasteiger partial charge in [-0.15, -0.1) is 0 Å². The van der Waals surface area contributed by atoms with E-state index in [-0.39, 0.29) is 57.8 Å². The zero-order chi connectivity index (χ0) is 18.6. The number of amides is 3. The molecule has 1 aromatic rings. The van der Waals surface area contributed by atoms with Crippen molar-refractivity contribution < 1.29 is 14.4 Å². The van der Waals surface area contributed by atoms with E-state index >= 15 is 0 Å². The Hall–Kier alpha value is -1.76. The Morgan fingerprint density at radius 1 is 1.04 bits per heavy atom. The van der Waals surface area contributed by atoms with E-state index in [1.807, 2.05) is 12.2 Å². The molecule has 4 unspecified atom stereocenters. The summed E-state index contributed by atoms with van der Waals surface area (Å²) < 4.78 is 0. The maximum Gasteiger partial charge on any atom is 0.258 e. The molecule has 2 bridgehead atoms. The van der Waals surface area contributed by atoms with E-state index < -0.39 is 5.91 Å². The number of anilines is 1. The third kappa shape index (κ3) is 2.76. The van der Waals surface area contributed by atoms with Crippen LogP contribution in [0.5, 0.6) is 0 Å². The molecule has 2 N–H and O–H groups in total. The lowest BCUT2D eigenvalue weighted by Gasteiger charge is -2.18. The van der Waals surface area contributed by atoms with E-state index in [1.165, 1.54) is 12.1 Å². The molecular weight excluding hydrogens is 401 g/mol. The number of allylic oxidation sites excluding steroid dienone is 2. The second-order valence-corrected chi connectivity index (χ2v) is 7.93. The summed E-state index contributed by atoms with van der Waals surface area (Å²) >= 11 is 17.9. The van der Waals surface area contributed by atoms with Crippen molar-refractivity contribution in [3.8, 4) is 0 Å². The fourth-order valence-corrected chi connectivity index (χ4v) is 5.01. The van der Waals surface area contributed by atoms with Crippen molar-refractivity contribution in [2.24, 2.45) is 23.7 Å². The number of fused-ring (bicyclic) bond motifs is 5. The molecule has 6 nitrogen and oxygen atoms in total. The van der Waals surface area contributed by atoms with Crippen LogP contribution >= 0.6 is 34.8 Å². The van der Waals surface area contributed by atoms with Gasteiger partial charge in [0.1, 0.15) is 6.54 Å². The van der Waals surface area contributed by atoms with E-state index in [4.69, 9.17) is 34.8 Å². The predicted molar refractivity (Wildman–Crippen MR) is 97.7 cm³/mol. The van der Waals surface area contributed by atoms with Crippen LogP contribution in [0, 0.1) is 23.7 Å². The Balaban J connectivity index is 1.40. The summed E-state index contributed by atoms with van der Waals surface area (Å²) in [5.74, 6) is -1.51. The quantitative estimate of drug-likeness (QED) is 0.451. The number of rotatable bonds is 4. The number of carbonyl (C=O) groups is 3. The third-order valence-corrected chi connectivity index (χ3v) is 6.01. The maximum atomic E-state index is 12.6. The number of benzene rings is 1. The monoisotopic (exact) mass is 413 g/mol. The van der Waals surface area contributed by atoms with E-state index in [9.17, 15) is 14.4 Å². The van der Waals surface area contributed by atoms with Crippen molar-refractivity contribution in [2.45, 2.75) is 6.42 Å². The molecule has 4 rings (SSSR count). The molecule has 4 atom stereocenters. The van der Waals surface area contributed by atoms with Crippen LogP contribution in [0.25, 0.3) is 0 Å². The first-order chi connectivity index (χ1) is 12.4. The summed E-state index contributed by atoms with van der Waals surface area (Å²) in [5.41, 5.74) is 5.30. The van der Waals surface area contributed by atoms with E-state index in [0.717, 1.165) is 11.3 Å². The Morgan fingerprint density at radius 2 is 1.58 bits per heavy atom. The number of nitrogens with one attached hydrogen (secondary N) is 2. The molecule has 136 valence electrons. The second-order valence-electron chi connectivity index (χ2n) is 6.68. The van der Waals surface area contributed by atoms with Crippen LogP contribution in [0.2, 0.25) is 15.1 Å². The molecule has 0 spiro atoms. The van der Waals surface area contributed by atoms with Gasteiger partial charge in [0.15, 0.2) is 0 Å². The van der Waals surface area contributed by atoms with E-state index in [1.54, 1.807) is 0 Å². The van der Waals surface area contributed by atoms with Crippen LogP contribution in [-0.4, -0.2) is 29.2 Å². The number of hydrogen-bond acceptors (Lipinski definition) is 4. The molecule has 1 heterocycles. The van der Waals surface area contributed by atoms with Gasteiger partial charge in [-0.05, 0) is 30.4 Å². The molecular formula is C17H14Cl3N3O3. The molecule has 0 aromatic heterocycles. The second kappa shape index (κ2) is 6.44. The number of carbonyl (C=O) groups excluding carboxylic acids is 3. The minimum absolute atomic E-state index is 0.110. The minimum Gasteiger partial charge on any atom is -0.296 e. The van der Waals surface area contributed by atoms with Crippen molar-refractivity contribution in [1.29, 1.82) is 0 Å². The first-order valence-corrected chi connectivity index (χ1v) is 9.23. The molecule has 3 aliphatic rings. The van der Waals surface area contributed by atoms with Crippen LogP contribution < -0.4 is 10.9 Å². The van der Waals surface area contributed by atoms with Crippen LogP contribution in [0.1, 0.15) is 6.42 Å². The predicted octanol–water partition coefficient (Wildman–Crippen LogP) is 2.90. The van der Waals surface area contributed by atoms with E-state index in [0.29, 0.717) is 5.02 Å². The van der Waals surface area contributed by atoms with Gasteiger partial charge in [-0.25, -0.2) is 0 Å². The van der Waals surface area contributed by atoms with Crippen LogP contribution in [0.15, 0.2) is 24.3 Å². The Kier molecular flexibility index (Phi) is 4.37. The normalized spacial score (nSPS) is 28.7. The van der Waals surface area contributed by atoms with Gasteiger partial charge >= 0.3 is 0 Å². The lowest BCUT2D eigenvalue weighted by molar-refractivity contribution is -0.144. The number of likely N-dealkylation sites (tertiary alicyclic amines) is 1. The van der Waals surface area contributed by atoms with E-state index in [2.05, 4.69) is 10.9 Å². The van der Waals surface area contributed by atoms with Gasteiger partial charge < -0.3 is 0 Å². The van der Waals surface area contributed by atoms with Gasteiger partial charge in [-0.2, -0.15) is 0 Å². The van der Waals surface area contributed by atoms with Crippen molar-refractivity contribution in [3.63, 3.8) is 0 Å². The van der Waals surface area contributed by atoms with Crippen LogP contribution in [-0.2, 0) is 14.4 Å². The highest BCUT2D eigenvalue weighted by atomic mass is 35.5. The number of nitrogens with zero attached hydrogens (tertiary/aromatic N) is 1. The number of hydrogen-bond donors (Lipinski definition) is 2. The molecule has 2 fully saturated rings. The van der Waals surface area contributed by atoms with Crippen molar-refractivity contribution in [1.82, 2.24) is 10.3 Å². The van der Waals surface area contributed by atoms with Gasteiger partial charge in [-0.1, -0.05) is 47.0 Å². The van der Waals surface area contributed by atoms with Gasteiger partial charge in [0.2, 0.25) is 11.8 Å². The fourth-order valence-electron chi connectivity index (χ4n) is 4.10. The van der Waals surface area contributed by atoms with Crippen LogP contribution in [0.4, 0.5) is 5.69 Å². The standard InChI is InChI=1S/C17H14Cl3N3O3/c18-9-4-10(19)15(11(20)5-9)22-21-12(24)6-23-16(25)13-7-1-2-8(3-7)14(13)17(23)26/h1-2,4-5,7-8,13-14,22H,3,6H2,(H,21,24). The topological polar surface area (TPSA) is 78.5 Å². The Bertz CT molecular complexity index is 804. The molecule has 2 aliphatic carbocycles. The average molecular weight is 415 g/mol. The minimum atomic E-state index is -0.547. The highest BCUT2D eigenvalue weighted by molar-refractivity contribution is 6.41. The largest absolute Gasteiger partial charge is 0.296 e. The lowest BCUT2D eigenvalue weighted by atomic mass is 9.85. The van der Waals surface area contributed by atoms with Gasteiger partial charge in [0.25, 0.3) is 5.91 Å². The summed E-state index contributed by atoms with van der Waals surface area (Å²) in [5, 5.41) is 0.821. The van der Waals surface area contributed by atoms with Crippen molar-refractivity contribution in [3.05, 3.63) is 39.4 Å². The maximum absolute atomic E-state index is 12.6. The Labute approximate surface area is 164 Å². The molecule has 1 aliphatic heterocycles. The van der Waals surface area contributed by atoms with Gasteiger partial charge in [0.05, 0.1) is 27.6 Å². The van der Waals surface area contributed by atoms with Gasteiger partial charge in [0, 0.05) is 5.02 Å². The van der Waals surface area contributed by atoms with Gasteiger partial charge in [-0.3, -0.25) is 30.1 Å².